The maximum Gasteiger partial charge on any atom is 0.248 e. The minimum Gasteiger partial charge on any atom is -0.387 e. The van der Waals surface area contributed by atoms with E-state index in [1.54, 1.807) is 6.07 Å². The van der Waals surface area contributed by atoms with Crippen LogP contribution in [0.4, 0.5) is 0 Å². The van der Waals surface area contributed by atoms with Gasteiger partial charge in [0.1, 0.15) is 0 Å². The van der Waals surface area contributed by atoms with Crippen molar-refractivity contribution >= 4 is 10.9 Å². The number of hydrogen-bond donors (Lipinski definition) is 3. The monoisotopic (exact) mass is 348 g/mol. The van der Waals surface area contributed by atoms with Crippen LogP contribution in [0.3, 0.4) is 0 Å². The van der Waals surface area contributed by atoms with Gasteiger partial charge >= 0.3 is 0 Å². The fourth-order valence-corrected chi connectivity index (χ4v) is 4.37. The summed E-state index contributed by atoms with van der Waals surface area (Å²) in [6.07, 6.45) is -0.632. The molecule has 1 heterocycles. The summed E-state index contributed by atoms with van der Waals surface area (Å²) in [5.41, 5.74) is 4.25. The van der Waals surface area contributed by atoms with Crippen molar-refractivity contribution in [3.63, 3.8) is 0 Å². The van der Waals surface area contributed by atoms with Crippen LogP contribution in [0.15, 0.2) is 59.4 Å². The molecule has 0 spiro atoms. The molecule has 0 amide bonds. The van der Waals surface area contributed by atoms with Gasteiger partial charge in [0, 0.05) is 29.6 Å². The first kappa shape index (κ1) is 17.0. The van der Waals surface area contributed by atoms with E-state index < -0.39 is 6.10 Å². The summed E-state index contributed by atoms with van der Waals surface area (Å²) in [7, 11) is 0. The van der Waals surface area contributed by atoms with E-state index in [4.69, 9.17) is 0 Å². The molecule has 1 aliphatic rings. The van der Waals surface area contributed by atoms with E-state index in [-0.39, 0.29) is 5.56 Å². The Morgan fingerprint density at radius 1 is 1.00 bits per heavy atom. The lowest BCUT2D eigenvalue weighted by atomic mass is 9.96. The maximum absolute atomic E-state index is 11.5. The first-order valence-electron chi connectivity index (χ1n) is 9.18. The summed E-state index contributed by atoms with van der Waals surface area (Å²) in [6.45, 7) is 4.97. The molecule has 4 heteroatoms. The SMILES string of the molecule is C[C@@H]1c2ccccc2[C@H](C)C1NC[C@H](O)c1cccc2[nH]c(=O)ccc12. The summed E-state index contributed by atoms with van der Waals surface area (Å²) in [5.74, 6) is 0.828. The molecule has 1 aromatic heterocycles. The third-order valence-electron chi connectivity index (χ3n) is 5.76. The molecular formula is C22H24N2O2. The minimum atomic E-state index is -0.632. The fourth-order valence-electron chi connectivity index (χ4n) is 4.37. The number of aromatic amines is 1. The molecule has 26 heavy (non-hydrogen) atoms. The van der Waals surface area contributed by atoms with Crippen molar-refractivity contribution in [3.05, 3.63) is 81.6 Å². The average Bonchev–Trinajstić information content (AvgIpc) is 2.90. The van der Waals surface area contributed by atoms with E-state index in [0.29, 0.717) is 24.4 Å². The maximum atomic E-state index is 11.5. The molecule has 3 aromatic rings. The number of aromatic nitrogens is 1. The lowest BCUT2D eigenvalue weighted by Crippen LogP contribution is -2.36. The molecule has 0 aliphatic heterocycles. The quantitative estimate of drug-likeness (QED) is 0.677. The van der Waals surface area contributed by atoms with Crippen molar-refractivity contribution in [2.24, 2.45) is 0 Å². The molecule has 0 bridgehead atoms. The van der Waals surface area contributed by atoms with Crippen LogP contribution in [0.2, 0.25) is 0 Å². The number of pyridine rings is 1. The Labute approximate surface area is 152 Å². The van der Waals surface area contributed by atoms with Crippen LogP contribution in [-0.2, 0) is 0 Å². The van der Waals surface area contributed by atoms with Gasteiger partial charge < -0.3 is 15.4 Å². The third-order valence-corrected chi connectivity index (χ3v) is 5.76. The first-order valence-corrected chi connectivity index (χ1v) is 9.18. The second kappa shape index (κ2) is 6.71. The minimum absolute atomic E-state index is 0.131. The summed E-state index contributed by atoms with van der Waals surface area (Å²) < 4.78 is 0. The van der Waals surface area contributed by atoms with Crippen LogP contribution in [0, 0.1) is 0 Å². The number of H-pyrrole nitrogens is 1. The van der Waals surface area contributed by atoms with Crippen molar-refractivity contribution in [1.29, 1.82) is 0 Å². The van der Waals surface area contributed by atoms with Gasteiger partial charge in [-0.2, -0.15) is 0 Å². The number of aliphatic hydroxyl groups is 1. The molecule has 4 nitrogen and oxygen atoms in total. The molecule has 0 saturated heterocycles. The van der Waals surface area contributed by atoms with Crippen molar-refractivity contribution in [3.8, 4) is 0 Å². The summed E-state index contributed by atoms with van der Waals surface area (Å²) in [5, 5.41) is 15.2. The van der Waals surface area contributed by atoms with Crippen molar-refractivity contribution in [2.45, 2.75) is 37.8 Å². The zero-order valence-electron chi connectivity index (χ0n) is 15.1. The second-order valence-electron chi connectivity index (χ2n) is 7.29. The molecule has 1 unspecified atom stereocenters. The number of aliphatic hydroxyl groups excluding tert-OH is 1. The van der Waals surface area contributed by atoms with Crippen LogP contribution in [0.1, 0.15) is 48.5 Å². The van der Waals surface area contributed by atoms with Crippen molar-refractivity contribution < 1.29 is 5.11 Å². The molecule has 0 fully saturated rings. The third kappa shape index (κ3) is 2.85. The van der Waals surface area contributed by atoms with Gasteiger partial charge in [-0.3, -0.25) is 4.79 Å². The van der Waals surface area contributed by atoms with Crippen LogP contribution < -0.4 is 10.9 Å². The van der Waals surface area contributed by atoms with Crippen LogP contribution in [0.25, 0.3) is 10.9 Å². The molecule has 4 rings (SSSR count). The number of nitrogens with one attached hydrogen (secondary N) is 2. The van der Waals surface area contributed by atoms with E-state index in [0.717, 1.165) is 16.5 Å². The zero-order chi connectivity index (χ0) is 18.3. The van der Waals surface area contributed by atoms with E-state index in [1.807, 2.05) is 18.2 Å². The van der Waals surface area contributed by atoms with Gasteiger partial charge in [-0.25, -0.2) is 0 Å². The first-order chi connectivity index (χ1) is 12.6. The van der Waals surface area contributed by atoms with E-state index in [9.17, 15) is 9.90 Å². The van der Waals surface area contributed by atoms with Crippen LogP contribution in [0.5, 0.6) is 0 Å². The molecular weight excluding hydrogens is 324 g/mol. The number of hydrogen-bond acceptors (Lipinski definition) is 3. The molecule has 0 radical (unpaired) electrons. The fraction of sp³-hybridized carbons (Fsp3) is 0.318. The summed E-state index contributed by atoms with van der Waals surface area (Å²) in [6, 6.07) is 17.8. The molecule has 0 saturated carbocycles. The van der Waals surface area contributed by atoms with Gasteiger partial charge in [-0.15, -0.1) is 0 Å². The molecule has 134 valence electrons. The number of fused-ring (bicyclic) bond motifs is 2. The van der Waals surface area contributed by atoms with Crippen molar-refractivity contribution in [2.75, 3.05) is 6.54 Å². The second-order valence-corrected chi connectivity index (χ2v) is 7.29. The standard InChI is InChI=1S/C22H24N2O2/c1-13-15-6-3-4-7-16(15)14(2)22(13)23-12-20(25)18-8-5-9-19-17(18)10-11-21(26)24-19/h3-11,13-14,20,22-23,25H,12H2,1-2H3,(H,24,26)/t13-,14+,20-,22?/m0/s1. The van der Waals surface area contributed by atoms with Crippen LogP contribution in [-0.4, -0.2) is 22.7 Å². The van der Waals surface area contributed by atoms with Gasteiger partial charge in [0.15, 0.2) is 0 Å². The lowest BCUT2D eigenvalue weighted by Gasteiger charge is -2.24. The normalized spacial score (nSPS) is 23.1. The zero-order valence-corrected chi connectivity index (χ0v) is 15.1. The van der Waals surface area contributed by atoms with Crippen LogP contribution >= 0.6 is 0 Å². The van der Waals surface area contributed by atoms with E-state index in [2.05, 4.69) is 48.4 Å². The molecule has 3 N–H and O–H groups in total. The smallest absolute Gasteiger partial charge is 0.248 e. The lowest BCUT2D eigenvalue weighted by molar-refractivity contribution is 0.168. The largest absolute Gasteiger partial charge is 0.387 e. The van der Waals surface area contributed by atoms with Gasteiger partial charge in [-0.05, 0) is 40.7 Å². The summed E-state index contributed by atoms with van der Waals surface area (Å²) >= 11 is 0. The Morgan fingerprint density at radius 3 is 2.38 bits per heavy atom. The molecule has 4 atom stereocenters. The van der Waals surface area contributed by atoms with E-state index in [1.165, 1.54) is 17.2 Å². The van der Waals surface area contributed by atoms with Gasteiger partial charge in [-0.1, -0.05) is 50.2 Å². The summed E-state index contributed by atoms with van der Waals surface area (Å²) in [4.78, 5) is 14.3. The highest BCUT2D eigenvalue weighted by atomic mass is 16.3. The van der Waals surface area contributed by atoms with E-state index >= 15 is 0 Å². The van der Waals surface area contributed by atoms with Crippen molar-refractivity contribution in [1.82, 2.24) is 10.3 Å². The van der Waals surface area contributed by atoms with Gasteiger partial charge in [0.2, 0.25) is 5.56 Å². The Morgan fingerprint density at radius 2 is 1.69 bits per heavy atom. The Kier molecular flexibility index (Phi) is 4.39. The molecule has 2 aromatic carbocycles. The van der Waals surface area contributed by atoms with Gasteiger partial charge in [0.05, 0.1) is 6.10 Å². The number of benzene rings is 2. The molecule has 1 aliphatic carbocycles. The highest BCUT2D eigenvalue weighted by Gasteiger charge is 2.35. The Bertz CT molecular complexity index is 966. The predicted octanol–water partition coefficient (Wildman–Crippen LogP) is 3.44. The average molecular weight is 348 g/mol. The topological polar surface area (TPSA) is 65.1 Å². The Hall–Kier alpha value is -2.43. The van der Waals surface area contributed by atoms with Gasteiger partial charge in [0.25, 0.3) is 0 Å². The predicted molar refractivity (Wildman–Crippen MR) is 105 cm³/mol. The Balaban J connectivity index is 1.53. The number of rotatable bonds is 4. The highest BCUT2D eigenvalue weighted by Crippen LogP contribution is 2.41. The highest BCUT2D eigenvalue weighted by molar-refractivity contribution is 5.82.